The number of nitrogens with one attached hydrogen (secondary N) is 3. The number of hydrogen-bond donors (Lipinski definition) is 3. The number of benzene rings is 2. The first kappa shape index (κ1) is 21.2. The molecule has 0 aliphatic carbocycles. The third kappa shape index (κ3) is 6.58. The molecule has 0 saturated carbocycles. The van der Waals surface area contributed by atoms with Crippen molar-refractivity contribution in [2.45, 2.75) is 33.1 Å². The number of amides is 1. The molecule has 5 heteroatoms. The Morgan fingerprint density at radius 3 is 2.36 bits per heavy atom. The summed E-state index contributed by atoms with van der Waals surface area (Å²) >= 11 is 0. The van der Waals surface area contributed by atoms with Crippen molar-refractivity contribution in [3.63, 3.8) is 0 Å². The van der Waals surface area contributed by atoms with Crippen LogP contribution in [0.5, 0.6) is 0 Å². The van der Waals surface area contributed by atoms with Gasteiger partial charge in [0.25, 0.3) is 0 Å². The second-order valence-electron chi connectivity index (χ2n) is 6.43. The fraction of sp³-hybridized carbons (Fsp3) is 0.304. The number of hydrazine groups is 1. The van der Waals surface area contributed by atoms with Crippen LogP contribution in [0.1, 0.15) is 43.4 Å². The number of carbonyl (C=O) groups excluding carboxylic acids is 1. The number of aryl methyl sites for hydroxylation is 1. The SMILES string of the molecule is C=C1NNC(=NCC)c2ccccc21.CCCNC(=O)CCc1ccccc1. The number of aliphatic imine (C=N–C) groups is 1. The van der Waals surface area contributed by atoms with Gasteiger partial charge in [-0.2, -0.15) is 0 Å². The summed E-state index contributed by atoms with van der Waals surface area (Å²) in [6.45, 7) is 9.54. The Bertz CT molecular complexity index is 799. The molecule has 0 spiro atoms. The molecule has 148 valence electrons. The largest absolute Gasteiger partial charge is 0.356 e. The minimum Gasteiger partial charge on any atom is -0.356 e. The molecule has 1 amide bonds. The number of fused-ring (bicyclic) bond motifs is 1. The summed E-state index contributed by atoms with van der Waals surface area (Å²) in [6, 6.07) is 18.2. The maximum atomic E-state index is 11.3. The van der Waals surface area contributed by atoms with Gasteiger partial charge in [0.05, 0.1) is 5.70 Å². The van der Waals surface area contributed by atoms with E-state index in [9.17, 15) is 4.79 Å². The summed E-state index contributed by atoms with van der Waals surface area (Å²) < 4.78 is 0. The van der Waals surface area contributed by atoms with Gasteiger partial charge in [-0.15, -0.1) is 0 Å². The van der Waals surface area contributed by atoms with Crippen LogP contribution >= 0.6 is 0 Å². The van der Waals surface area contributed by atoms with E-state index >= 15 is 0 Å². The number of nitrogens with zero attached hydrogens (tertiary/aromatic N) is 1. The Hall–Kier alpha value is -3.08. The van der Waals surface area contributed by atoms with Crippen LogP contribution in [0.4, 0.5) is 0 Å². The Labute approximate surface area is 167 Å². The Morgan fingerprint density at radius 2 is 1.68 bits per heavy atom. The summed E-state index contributed by atoms with van der Waals surface area (Å²) in [4.78, 5) is 15.6. The third-order valence-corrected chi connectivity index (χ3v) is 4.21. The van der Waals surface area contributed by atoms with Gasteiger partial charge < -0.3 is 5.32 Å². The van der Waals surface area contributed by atoms with Crippen molar-refractivity contribution in [1.82, 2.24) is 16.2 Å². The van der Waals surface area contributed by atoms with Crippen LogP contribution in [-0.2, 0) is 11.2 Å². The monoisotopic (exact) mass is 378 g/mol. The summed E-state index contributed by atoms with van der Waals surface area (Å²) in [6.07, 6.45) is 2.41. The van der Waals surface area contributed by atoms with Crippen LogP contribution in [0.15, 0.2) is 66.2 Å². The number of hydrogen-bond acceptors (Lipinski definition) is 3. The van der Waals surface area contributed by atoms with Crippen molar-refractivity contribution in [3.05, 3.63) is 77.9 Å². The summed E-state index contributed by atoms with van der Waals surface area (Å²) in [5.74, 6) is 1.03. The molecule has 2 aromatic rings. The molecule has 0 aromatic heterocycles. The molecule has 0 radical (unpaired) electrons. The first-order valence-corrected chi connectivity index (χ1v) is 9.81. The Morgan fingerprint density at radius 1 is 1.00 bits per heavy atom. The van der Waals surface area contributed by atoms with Gasteiger partial charge in [0, 0.05) is 30.6 Å². The van der Waals surface area contributed by atoms with Crippen LogP contribution in [0.3, 0.4) is 0 Å². The van der Waals surface area contributed by atoms with Crippen molar-refractivity contribution in [3.8, 4) is 0 Å². The molecule has 1 heterocycles. The predicted octanol–water partition coefficient (Wildman–Crippen LogP) is 3.68. The van der Waals surface area contributed by atoms with Gasteiger partial charge in [-0.25, -0.2) is 0 Å². The standard InChI is InChI=1S/C12H17NO.C11H13N3/c1-2-10-13-12(14)9-8-11-6-4-3-5-7-11;1-3-12-11-10-7-5-4-6-9(10)8(2)13-14-11/h3-7H,2,8-10H2,1H3,(H,13,14);4-7,13H,2-3H2,1H3,(H,12,14). The second kappa shape index (κ2) is 11.6. The zero-order valence-corrected chi connectivity index (χ0v) is 16.8. The molecular weight excluding hydrogens is 348 g/mol. The minimum absolute atomic E-state index is 0.149. The molecule has 2 aromatic carbocycles. The van der Waals surface area contributed by atoms with Gasteiger partial charge in [-0.1, -0.05) is 68.1 Å². The van der Waals surface area contributed by atoms with Crippen LogP contribution in [0, 0.1) is 0 Å². The number of carbonyl (C=O) groups is 1. The highest BCUT2D eigenvalue weighted by Gasteiger charge is 2.15. The lowest BCUT2D eigenvalue weighted by Crippen LogP contribution is -2.41. The predicted molar refractivity (Wildman–Crippen MR) is 117 cm³/mol. The van der Waals surface area contributed by atoms with Crippen molar-refractivity contribution in [2.24, 2.45) is 4.99 Å². The molecule has 1 aliphatic rings. The molecule has 0 unspecified atom stereocenters. The lowest BCUT2D eigenvalue weighted by Gasteiger charge is -2.23. The summed E-state index contributed by atoms with van der Waals surface area (Å²) in [7, 11) is 0. The highest BCUT2D eigenvalue weighted by Crippen LogP contribution is 2.18. The van der Waals surface area contributed by atoms with Crippen molar-refractivity contribution in [1.29, 1.82) is 0 Å². The zero-order chi connectivity index (χ0) is 20.2. The lowest BCUT2D eigenvalue weighted by atomic mass is 10.0. The van der Waals surface area contributed by atoms with Crippen molar-refractivity contribution >= 4 is 17.4 Å². The van der Waals surface area contributed by atoms with Crippen LogP contribution in [0.2, 0.25) is 0 Å². The van der Waals surface area contributed by atoms with Gasteiger partial charge >= 0.3 is 0 Å². The van der Waals surface area contributed by atoms with Crippen LogP contribution in [-0.4, -0.2) is 24.8 Å². The van der Waals surface area contributed by atoms with E-state index in [2.05, 4.69) is 34.7 Å². The Balaban J connectivity index is 0.000000200. The highest BCUT2D eigenvalue weighted by molar-refractivity contribution is 6.04. The fourth-order valence-electron chi connectivity index (χ4n) is 2.76. The van der Waals surface area contributed by atoms with Gasteiger partial charge in [0.1, 0.15) is 5.84 Å². The molecule has 0 fully saturated rings. The average molecular weight is 379 g/mol. The van der Waals surface area contributed by atoms with E-state index in [0.29, 0.717) is 6.42 Å². The fourth-order valence-corrected chi connectivity index (χ4v) is 2.76. The maximum Gasteiger partial charge on any atom is 0.220 e. The van der Waals surface area contributed by atoms with Crippen LogP contribution < -0.4 is 16.2 Å². The first-order valence-electron chi connectivity index (χ1n) is 9.81. The van der Waals surface area contributed by atoms with E-state index in [1.54, 1.807) is 0 Å². The van der Waals surface area contributed by atoms with Gasteiger partial charge in [0.15, 0.2) is 0 Å². The van der Waals surface area contributed by atoms with E-state index in [1.165, 1.54) is 5.56 Å². The summed E-state index contributed by atoms with van der Waals surface area (Å²) in [5, 5.41) is 2.86. The van der Waals surface area contributed by atoms with Crippen LogP contribution in [0.25, 0.3) is 5.70 Å². The molecular formula is C23H30N4O. The minimum atomic E-state index is 0.149. The van der Waals surface area contributed by atoms with E-state index in [-0.39, 0.29) is 5.91 Å². The van der Waals surface area contributed by atoms with Crippen molar-refractivity contribution in [2.75, 3.05) is 13.1 Å². The lowest BCUT2D eigenvalue weighted by molar-refractivity contribution is -0.121. The molecule has 1 aliphatic heterocycles. The highest BCUT2D eigenvalue weighted by atomic mass is 16.1. The quantitative estimate of drug-likeness (QED) is 0.718. The van der Waals surface area contributed by atoms with Gasteiger partial charge in [-0.3, -0.25) is 20.6 Å². The average Bonchev–Trinajstić information content (AvgIpc) is 2.74. The zero-order valence-electron chi connectivity index (χ0n) is 16.8. The molecule has 5 nitrogen and oxygen atoms in total. The number of amidine groups is 1. The van der Waals surface area contributed by atoms with E-state index < -0.39 is 0 Å². The molecule has 0 bridgehead atoms. The van der Waals surface area contributed by atoms with E-state index in [1.807, 2.05) is 61.5 Å². The summed E-state index contributed by atoms with van der Waals surface area (Å²) in [5.41, 5.74) is 10.3. The van der Waals surface area contributed by atoms with E-state index in [0.717, 1.165) is 48.6 Å². The topological polar surface area (TPSA) is 65.5 Å². The smallest absolute Gasteiger partial charge is 0.220 e. The molecule has 3 N–H and O–H groups in total. The first-order chi connectivity index (χ1) is 13.7. The molecule has 0 atom stereocenters. The van der Waals surface area contributed by atoms with E-state index in [4.69, 9.17) is 0 Å². The van der Waals surface area contributed by atoms with Gasteiger partial charge in [-0.05, 0) is 25.3 Å². The molecule has 0 saturated heterocycles. The maximum absolute atomic E-state index is 11.3. The number of rotatable bonds is 6. The third-order valence-electron chi connectivity index (χ3n) is 4.21. The molecule has 28 heavy (non-hydrogen) atoms. The normalized spacial score (nSPS) is 13.5. The van der Waals surface area contributed by atoms with Gasteiger partial charge in [0.2, 0.25) is 5.91 Å². The molecule has 3 rings (SSSR count). The second-order valence-corrected chi connectivity index (χ2v) is 6.43. The van der Waals surface area contributed by atoms with Crippen molar-refractivity contribution < 1.29 is 4.79 Å². The Kier molecular flexibility index (Phi) is 8.79.